The van der Waals surface area contributed by atoms with Crippen molar-refractivity contribution in [3.8, 4) is 0 Å². The van der Waals surface area contributed by atoms with Gasteiger partial charge in [-0.25, -0.2) is 4.98 Å². The van der Waals surface area contributed by atoms with Gasteiger partial charge in [-0.05, 0) is 25.0 Å². The molecule has 4 atom stereocenters. The summed E-state index contributed by atoms with van der Waals surface area (Å²) in [5.41, 5.74) is 0.820. The van der Waals surface area contributed by atoms with E-state index >= 15 is 0 Å². The molecule has 160 valence electrons. The number of anilines is 1. The zero-order valence-corrected chi connectivity index (χ0v) is 17.3. The van der Waals surface area contributed by atoms with Crippen LogP contribution in [0.25, 0.3) is 11.0 Å². The van der Waals surface area contributed by atoms with Gasteiger partial charge >= 0.3 is 0 Å². The van der Waals surface area contributed by atoms with E-state index in [4.69, 9.17) is 27.9 Å². The van der Waals surface area contributed by atoms with Gasteiger partial charge in [0, 0.05) is 6.04 Å². The Hall–Kier alpha value is -1.13. The minimum Gasteiger partial charge on any atom is -0.388 e. The molecule has 29 heavy (non-hydrogen) atoms. The molecule has 2 heterocycles. The predicted molar refractivity (Wildman–Crippen MR) is 109 cm³/mol. The van der Waals surface area contributed by atoms with Gasteiger partial charge in [0.05, 0.1) is 27.7 Å². The van der Waals surface area contributed by atoms with Crippen molar-refractivity contribution in [1.82, 2.24) is 9.55 Å². The number of aliphatic hydroxyl groups is 4. The first kappa shape index (κ1) is 21.1. The van der Waals surface area contributed by atoms with Crippen molar-refractivity contribution in [2.75, 3.05) is 11.9 Å². The number of benzene rings is 1. The van der Waals surface area contributed by atoms with Crippen molar-refractivity contribution < 1.29 is 25.2 Å². The first-order chi connectivity index (χ1) is 13.8. The van der Waals surface area contributed by atoms with Crippen LogP contribution in [0.5, 0.6) is 0 Å². The highest BCUT2D eigenvalue weighted by Crippen LogP contribution is 2.38. The second-order valence-corrected chi connectivity index (χ2v) is 8.65. The number of halogens is 2. The number of nitrogens with one attached hydrogen (secondary N) is 1. The molecule has 4 rings (SSSR count). The fourth-order valence-corrected chi connectivity index (χ4v) is 4.44. The van der Waals surface area contributed by atoms with E-state index in [9.17, 15) is 20.4 Å². The average Bonchev–Trinajstić information content (AvgIpc) is 2.85. The van der Waals surface area contributed by atoms with Gasteiger partial charge < -0.3 is 30.5 Å². The number of aromatic nitrogens is 2. The highest BCUT2D eigenvalue weighted by molar-refractivity contribution is 6.42. The molecular weight excluding hydrogens is 421 g/mol. The maximum Gasteiger partial charge on any atom is 0.286 e. The highest BCUT2D eigenvalue weighted by Gasteiger charge is 2.52. The molecule has 1 saturated heterocycles. The zero-order chi connectivity index (χ0) is 20.8. The van der Waals surface area contributed by atoms with Crippen LogP contribution in [0.15, 0.2) is 12.1 Å². The van der Waals surface area contributed by atoms with Crippen LogP contribution < -0.4 is 5.32 Å². The molecule has 2 aromatic rings. The van der Waals surface area contributed by atoms with Crippen LogP contribution in [0.1, 0.15) is 38.5 Å². The lowest BCUT2D eigenvalue weighted by Crippen LogP contribution is -2.61. The molecule has 0 radical (unpaired) electrons. The molecule has 1 aliphatic carbocycles. The van der Waals surface area contributed by atoms with E-state index in [2.05, 4.69) is 10.3 Å². The number of imidazole rings is 1. The van der Waals surface area contributed by atoms with E-state index in [1.807, 2.05) is 0 Å². The average molecular weight is 446 g/mol. The summed E-state index contributed by atoms with van der Waals surface area (Å²) in [6, 6.07) is 3.23. The second-order valence-electron chi connectivity index (χ2n) is 7.83. The summed E-state index contributed by atoms with van der Waals surface area (Å²) < 4.78 is 6.73. The molecule has 1 aliphatic heterocycles. The molecule has 10 heteroatoms. The summed E-state index contributed by atoms with van der Waals surface area (Å²) in [6.45, 7) is -0.363. The SMILES string of the molecule is O[C@H]1[C@H](O)COC(O)(n2c(NC3CCCCCC3)nc3cc(Cl)c(Cl)cc32)[C@@H]1O. The number of nitrogens with zero attached hydrogens (tertiary/aromatic N) is 2. The monoisotopic (exact) mass is 445 g/mol. The Kier molecular flexibility index (Phi) is 5.96. The zero-order valence-electron chi connectivity index (χ0n) is 15.8. The predicted octanol–water partition coefficient (Wildman–Crippen LogP) is 2.19. The Labute approximate surface area is 178 Å². The Morgan fingerprint density at radius 3 is 2.41 bits per heavy atom. The molecule has 1 aromatic heterocycles. The normalized spacial score (nSPS) is 31.7. The van der Waals surface area contributed by atoms with Crippen molar-refractivity contribution in [3.63, 3.8) is 0 Å². The third-order valence-electron chi connectivity index (χ3n) is 5.77. The van der Waals surface area contributed by atoms with Crippen LogP contribution in [0, 0.1) is 0 Å². The lowest BCUT2D eigenvalue weighted by molar-refractivity contribution is -0.364. The van der Waals surface area contributed by atoms with Gasteiger partial charge in [0.15, 0.2) is 6.10 Å². The molecular formula is C19H25Cl2N3O5. The van der Waals surface area contributed by atoms with Gasteiger partial charge in [-0.3, -0.25) is 4.57 Å². The number of ether oxygens (including phenoxy) is 1. The first-order valence-electron chi connectivity index (χ1n) is 9.86. The summed E-state index contributed by atoms with van der Waals surface area (Å²) in [4.78, 5) is 4.55. The molecule has 5 N–H and O–H groups in total. The van der Waals surface area contributed by atoms with Crippen molar-refractivity contribution in [3.05, 3.63) is 22.2 Å². The van der Waals surface area contributed by atoms with Crippen LogP contribution in [-0.2, 0) is 10.6 Å². The van der Waals surface area contributed by atoms with Crippen LogP contribution in [0.3, 0.4) is 0 Å². The first-order valence-corrected chi connectivity index (χ1v) is 10.6. The Bertz CT molecular complexity index is 886. The molecule has 1 saturated carbocycles. The van der Waals surface area contributed by atoms with E-state index in [-0.39, 0.29) is 23.6 Å². The van der Waals surface area contributed by atoms with E-state index < -0.39 is 24.2 Å². The Morgan fingerprint density at radius 1 is 1.07 bits per heavy atom. The quantitative estimate of drug-likeness (QED) is 0.459. The van der Waals surface area contributed by atoms with Crippen molar-refractivity contribution in [1.29, 1.82) is 0 Å². The van der Waals surface area contributed by atoms with Gasteiger partial charge in [0.25, 0.3) is 5.91 Å². The third kappa shape index (κ3) is 3.83. The maximum absolute atomic E-state index is 11.3. The Morgan fingerprint density at radius 2 is 1.72 bits per heavy atom. The van der Waals surface area contributed by atoms with Gasteiger partial charge in [0.1, 0.15) is 12.2 Å². The van der Waals surface area contributed by atoms with E-state index in [1.165, 1.54) is 23.5 Å². The van der Waals surface area contributed by atoms with Gasteiger partial charge in [-0.2, -0.15) is 0 Å². The van der Waals surface area contributed by atoms with E-state index in [0.29, 0.717) is 16.1 Å². The number of hydrogen-bond donors (Lipinski definition) is 5. The number of hydrogen-bond acceptors (Lipinski definition) is 7. The fraction of sp³-hybridized carbons (Fsp3) is 0.632. The molecule has 0 amide bonds. The minimum atomic E-state index is -2.35. The number of aliphatic hydroxyl groups excluding tert-OH is 3. The van der Waals surface area contributed by atoms with Crippen molar-refractivity contribution in [2.24, 2.45) is 0 Å². The molecule has 0 bridgehead atoms. The van der Waals surface area contributed by atoms with Gasteiger partial charge in [0.2, 0.25) is 5.95 Å². The van der Waals surface area contributed by atoms with Crippen LogP contribution in [0.4, 0.5) is 5.95 Å². The van der Waals surface area contributed by atoms with Crippen LogP contribution in [-0.4, -0.2) is 60.9 Å². The molecule has 1 unspecified atom stereocenters. The summed E-state index contributed by atoms with van der Waals surface area (Å²) in [5.74, 6) is -2.08. The lowest BCUT2D eigenvalue weighted by atomic mass is 10.0. The molecule has 2 aliphatic rings. The summed E-state index contributed by atoms with van der Waals surface area (Å²) >= 11 is 12.3. The van der Waals surface area contributed by atoms with E-state index in [1.54, 1.807) is 6.07 Å². The minimum absolute atomic E-state index is 0.138. The molecule has 1 aromatic carbocycles. The molecule has 0 spiro atoms. The number of fused-ring (bicyclic) bond motifs is 1. The summed E-state index contributed by atoms with van der Waals surface area (Å²) in [5, 5.41) is 45.7. The Balaban J connectivity index is 1.82. The molecule has 2 fully saturated rings. The van der Waals surface area contributed by atoms with Gasteiger partial charge in [-0.15, -0.1) is 0 Å². The smallest absolute Gasteiger partial charge is 0.286 e. The summed E-state index contributed by atoms with van der Waals surface area (Å²) in [6.07, 6.45) is 1.70. The van der Waals surface area contributed by atoms with Crippen LogP contribution >= 0.6 is 23.2 Å². The molecule has 8 nitrogen and oxygen atoms in total. The van der Waals surface area contributed by atoms with Crippen molar-refractivity contribution in [2.45, 2.75) is 68.8 Å². The standard InChI is InChI=1S/C19H25Cl2N3O5/c20-11-7-13-14(8-12(11)21)24(19(28)17(27)16(26)15(25)9-29-19)18(23-13)22-10-5-3-1-2-4-6-10/h7-8,10,15-17,25-28H,1-6,9H2,(H,22,23)/t15-,16+,17-,19?/m1/s1. The highest BCUT2D eigenvalue weighted by atomic mass is 35.5. The maximum atomic E-state index is 11.3. The van der Waals surface area contributed by atoms with E-state index in [0.717, 1.165) is 25.7 Å². The van der Waals surface area contributed by atoms with Crippen molar-refractivity contribution >= 4 is 40.2 Å². The third-order valence-corrected chi connectivity index (χ3v) is 6.50. The lowest BCUT2D eigenvalue weighted by Gasteiger charge is -2.42. The second kappa shape index (κ2) is 8.19. The summed E-state index contributed by atoms with van der Waals surface area (Å²) in [7, 11) is 0. The van der Waals surface area contributed by atoms with Gasteiger partial charge in [-0.1, -0.05) is 48.9 Å². The van der Waals surface area contributed by atoms with Crippen LogP contribution in [0.2, 0.25) is 10.0 Å². The fourth-order valence-electron chi connectivity index (χ4n) is 4.12. The largest absolute Gasteiger partial charge is 0.388 e. The number of rotatable bonds is 3. The topological polar surface area (TPSA) is 120 Å².